The lowest BCUT2D eigenvalue weighted by atomic mass is 10.1. The normalized spacial score (nSPS) is 16.7. The first-order chi connectivity index (χ1) is 19.7. The van der Waals surface area contributed by atoms with Gasteiger partial charge >= 0.3 is 0 Å². The fourth-order valence-electron chi connectivity index (χ4n) is 4.65. The van der Waals surface area contributed by atoms with Gasteiger partial charge in [0.05, 0.1) is 36.1 Å². The molecule has 1 aliphatic heterocycles. The highest BCUT2D eigenvalue weighted by Crippen LogP contribution is 2.30. The molecule has 0 saturated carbocycles. The number of ether oxygens (including phenoxy) is 3. The predicted octanol–water partition coefficient (Wildman–Crippen LogP) is 5.05. The van der Waals surface area contributed by atoms with Crippen molar-refractivity contribution in [1.29, 1.82) is 0 Å². The molecule has 0 radical (unpaired) electrons. The molecule has 222 valence electrons. The van der Waals surface area contributed by atoms with E-state index < -0.39 is 32.0 Å². The van der Waals surface area contributed by atoms with Crippen molar-refractivity contribution in [3.05, 3.63) is 90.5 Å². The molecular weight excluding hydrogens is 566 g/mol. The Morgan fingerprint density at radius 2 is 1.49 bits per heavy atom. The summed E-state index contributed by atoms with van der Waals surface area (Å²) in [5.74, 6) is 0.0825. The molecule has 1 heterocycles. The van der Waals surface area contributed by atoms with Crippen molar-refractivity contribution in [3.63, 3.8) is 0 Å². The smallest absolute Gasteiger partial charge is 0.264 e. The average Bonchev–Trinajstić information content (AvgIpc) is 2.95. The number of sulfonamides is 1. The Hall–Kier alpha value is -2.96. The standard InChI is InChI=1S/C30H37NO8S2/c1-40(32,33)39-28(24-41(34,35)31(26-13-4-2-5-14-26)27-15-6-3-7-16-27)20-19-25-12-8-9-17-29(25)36-22-23-38-30-18-10-11-21-37-30/h2-9,12-17,28,30H,10-11,18-24H2,1H3. The van der Waals surface area contributed by atoms with Gasteiger partial charge in [-0.3, -0.25) is 4.18 Å². The summed E-state index contributed by atoms with van der Waals surface area (Å²) in [6.45, 7) is 1.39. The highest BCUT2D eigenvalue weighted by Gasteiger charge is 2.30. The third-order valence-corrected chi connectivity index (χ3v) is 8.85. The molecule has 2 atom stereocenters. The van der Waals surface area contributed by atoms with Crippen LogP contribution in [0.25, 0.3) is 0 Å². The van der Waals surface area contributed by atoms with E-state index in [4.69, 9.17) is 18.4 Å². The fourth-order valence-corrected chi connectivity index (χ4v) is 7.14. The topological polar surface area (TPSA) is 108 Å². The summed E-state index contributed by atoms with van der Waals surface area (Å²) in [6.07, 6.45) is 3.07. The van der Waals surface area contributed by atoms with Gasteiger partial charge in [0.1, 0.15) is 12.4 Å². The number of hydrogen-bond acceptors (Lipinski definition) is 8. The zero-order valence-corrected chi connectivity index (χ0v) is 24.8. The summed E-state index contributed by atoms with van der Waals surface area (Å²) in [5.41, 5.74) is 1.69. The molecule has 2 unspecified atom stereocenters. The maximum absolute atomic E-state index is 13.8. The average molecular weight is 604 g/mol. The Kier molecular flexibility index (Phi) is 11.2. The van der Waals surface area contributed by atoms with Gasteiger partial charge in [-0.05, 0) is 68.0 Å². The number of para-hydroxylation sites is 3. The van der Waals surface area contributed by atoms with Gasteiger partial charge in [-0.1, -0.05) is 54.6 Å². The first-order valence-electron chi connectivity index (χ1n) is 13.7. The van der Waals surface area contributed by atoms with Gasteiger partial charge in [0.15, 0.2) is 6.29 Å². The molecule has 1 fully saturated rings. The Bertz CT molecular complexity index is 1390. The van der Waals surface area contributed by atoms with Crippen LogP contribution in [0.4, 0.5) is 11.4 Å². The molecule has 0 N–H and O–H groups in total. The van der Waals surface area contributed by atoms with Crippen molar-refractivity contribution in [2.45, 2.75) is 44.5 Å². The molecule has 1 saturated heterocycles. The van der Waals surface area contributed by atoms with E-state index in [0.717, 1.165) is 31.1 Å². The van der Waals surface area contributed by atoms with E-state index in [9.17, 15) is 16.8 Å². The summed E-state index contributed by atoms with van der Waals surface area (Å²) < 4.78 is 75.7. The highest BCUT2D eigenvalue weighted by molar-refractivity contribution is 7.93. The maximum atomic E-state index is 13.8. The lowest BCUT2D eigenvalue weighted by Gasteiger charge is -2.27. The van der Waals surface area contributed by atoms with Crippen molar-refractivity contribution < 1.29 is 35.2 Å². The zero-order chi connectivity index (χ0) is 29.1. The molecule has 41 heavy (non-hydrogen) atoms. The molecular formula is C30H37NO8S2. The molecule has 0 spiro atoms. The van der Waals surface area contributed by atoms with Gasteiger partial charge in [0.2, 0.25) is 10.0 Å². The highest BCUT2D eigenvalue weighted by atomic mass is 32.2. The SMILES string of the molecule is CS(=O)(=O)OC(CCc1ccccc1OCCOC1CCCCO1)CS(=O)(=O)N(c1ccccc1)c1ccccc1. The number of rotatable bonds is 15. The van der Waals surface area contributed by atoms with Gasteiger partial charge in [-0.2, -0.15) is 8.42 Å². The predicted molar refractivity (Wildman–Crippen MR) is 158 cm³/mol. The van der Waals surface area contributed by atoms with Crippen LogP contribution in [-0.4, -0.2) is 61.1 Å². The lowest BCUT2D eigenvalue weighted by molar-refractivity contribution is -0.165. The van der Waals surface area contributed by atoms with Gasteiger partial charge in [0.25, 0.3) is 10.1 Å². The molecule has 0 aliphatic carbocycles. The molecule has 4 rings (SSSR count). The molecule has 0 bridgehead atoms. The van der Waals surface area contributed by atoms with E-state index in [2.05, 4.69) is 0 Å². The minimum Gasteiger partial charge on any atom is -0.491 e. The molecule has 9 nitrogen and oxygen atoms in total. The van der Waals surface area contributed by atoms with Gasteiger partial charge in [0, 0.05) is 6.61 Å². The molecule has 3 aromatic rings. The minimum absolute atomic E-state index is 0.135. The third kappa shape index (κ3) is 9.82. The summed E-state index contributed by atoms with van der Waals surface area (Å²) in [6, 6.07) is 24.7. The first-order valence-corrected chi connectivity index (χ1v) is 17.1. The minimum atomic E-state index is -4.06. The Morgan fingerprint density at radius 1 is 0.854 bits per heavy atom. The molecule has 1 aliphatic rings. The molecule has 0 aromatic heterocycles. The summed E-state index contributed by atoms with van der Waals surface area (Å²) in [5, 5.41) is 0. The van der Waals surface area contributed by atoms with Crippen LogP contribution >= 0.6 is 0 Å². The summed E-state index contributed by atoms with van der Waals surface area (Å²) in [4.78, 5) is 0. The van der Waals surface area contributed by atoms with Crippen LogP contribution in [0.3, 0.4) is 0 Å². The second kappa shape index (κ2) is 14.8. The van der Waals surface area contributed by atoms with Crippen molar-refractivity contribution >= 4 is 31.5 Å². The third-order valence-electron chi connectivity index (χ3n) is 6.46. The number of aryl methyl sites for hydroxylation is 1. The zero-order valence-electron chi connectivity index (χ0n) is 23.1. The van der Waals surface area contributed by atoms with E-state index in [1.807, 2.05) is 24.3 Å². The Morgan fingerprint density at radius 3 is 2.10 bits per heavy atom. The fraction of sp³-hybridized carbons (Fsp3) is 0.400. The molecule has 0 amide bonds. The van der Waals surface area contributed by atoms with E-state index in [-0.39, 0.29) is 12.7 Å². The van der Waals surface area contributed by atoms with Crippen molar-refractivity contribution in [3.8, 4) is 5.75 Å². The van der Waals surface area contributed by atoms with Crippen LogP contribution in [0.5, 0.6) is 5.75 Å². The second-order valence-electron chi connectivity index (χ2n) is 9.80. The Balaban J connectivity index is 1.46. The number of anilines is 2. The van der Waals surface area contributed by atoms with E-state index in [1.54, 1.807) is 60.7 Å². The maximum Gasteiger partial charge on any atom is 0.264 e. The lowest BCUT2D eigenvalue weighted by Crippen LogP contribution is -2.36. The van der Waals surface area contributed by atoms with Crippen LogP contribution < -0.4 is 9.04 Å². The van der Waals surface area contributed by atoms with Crippen LogP contribution in [0.2, 0.25) is 0 Å². The summed E-state index contributed by atoms with van der Waals surface area (Å²) >= 11 is 0. The van der Waals surface area contributed by atoms with E-state index >= 15 is 0 Å². The quantitative estimate of drug-likeness (QED) is 0.175. The molecule has 11 heteroatoms. The van der Waals surface area contributed by atoms with Crippen molar-refractivity contribution in [1.82, 2.24) is 0 Å². The van der Waals surface area contributed by atoms with Gasteiger partial charge < -0.3 is 14.2 Å². The van der Waals surface area contributed by atoms with E-state index in [1.165, 1.54) is 4.31 Å². The van der Waals surface area contributed by atoms with Crippen LogP contribution in [-0.2, 0) is 40.2 Å². The second-order valence-corrected chi connectivity index (χ2v) is 13.3. The van der Waals surface area contributed by atoms with Crippen LogP contribution in [0.15, 0.2) is 84.9 Å². The van der Waals surface area contributed by atoms with Crippen molar-refractivity contribution in [2.24, 2.45) is 0 Å². The van der Waals surface area contributed by atoms with Crippen LogP contribution in [0.1, 0.15) is 31.2 Å². The number of nitrogens with zero attached hydrogens (tertiary/aromatic N) is 1. The Labute approximate surface area is 243 Å². The summed E-state index contributed by atoms with van der Waals surface area (Å²) in [7, 11) is -7.99. The largest absolute Gasteiger partial charge is 0.491 e. The monoisotopic (exact) mass is 603 g/mol. The number of hydrogen-bond donors (Lipinski definition) is 0. The molecule has 3 aromatic carbocycles. The van der Waals surface area contributed by atoms with Crippen molar-refractivity contribution in [2.75, 3.05) is 36.1 Å². The van der Waals surface area contributed by atoms with Gasteiger partial charge in [-0.25, -0.2) is 12.7 Å². The van der Waals surface area contributed by atoms with Crippen LogP contribution in [0, 0.1) is 0 Å². The van der Waals surface area contributed by atoms with Gasteiger partial charge in [-0.15, -0.1) is 0 Å². The van der Waals surface area contributed by atoms with E-state index in [0.29, 0.717) is 43.4 Å². The number of benzene rings is 3. The first kappa shape index (κ1) is 31.0.